The minimum absolute atomic E-state index is 0.0981. The van der Waals surface area contributed by atoms with Crippen molar-refractivity contribution >= 4 is 15.4 Å². The zero-order valence-electron chi connectivity index (χ0n) is 7.76. The van der Waals surface area contributed by atoms with Gasteiger partial charge < -0.3 is 19.6 Å². The first-order valence-electron chi connectivity index (χ1n) is 4.27. The molecule has 0 amide bonds. The number of phosphoric acid groups is 1. The minimum Gasteiger partial charge on any atom is -0.323 e. The second-order valence-corrected chi connectivity index (χ2v) is 6.20. The van der Waals surface area contributed by atoms with E-state index in [9.17, 15) is 9.13 Å². The van der Waals surface area contributed by atoms with E-state index in [1.807, 2.05) is 0 Å². The van der Waals surface area contributed by atoms with Crippen LogP contribution in [0.3, 0.4) is 0 Å². The molecule has 15 heavy (non-hydrogen) atoms. The molecule has 8 nitrogen and oxygen atoms in total. The lowest BCUT2D eigenvalue weighted by Gasteiger charge is -2.33. The van der Waals surface area contributed by atoms with Crippen LogP contribution in [0.2, 0.25) is 0 Å². The lowest BCUT2D eigenvalue weighted by Crippen LogP contribution is -2.38. The van der Waals surface area contributed by atoms with Crippen molar-refractivity contribution in [1.82, 2.24) is 5.06 Å². The molecule has 1 unspecified atom stereocenters. The van der Waals surface area contributed by atoms with Crippen molar-refractivity contribution in [2.45, 2.75) is 25.0 Å². The smallest absolute Gasteiger partial charge is 0.323 e. The number of hydrogen-bond acceptors (Lipinski definition) is 4. The van der Waals surface area contributed by atoms with Crippen LogP contribution in [0.5, 0.6) is 0 Å². The Balaban J connectivity index is 2.75. The summed E-state index contributed by atoms with van der Waals surface area (Å²) in [6.07, 6.45) is 1.33. The first-order chi connectivity index (χ1) is 6.70. The van der Waals surface area contributed by atoms with Crippen molar-refractivity contribution < 1.29 is 33.3 Å². The van der Waals surface area contributed by atoms with Crippen molar-refractivity contribution in [1.29, 1.82) is 0 Å². The van der Waals surface area contributed by atoms with Gasteiger partial charge in [0.05, 0.1) is 0 Å². The molecule has 1 heterocycles. The van der Waals surface area contributed by atoms with Crippen LogP contribution in [0.4, 0.5) is 0 Å². The van der Waals surface area contributed by atoms with Crippen molar-refractivity contribution in [2.75, 3.05) is 6.54 Å². The molecule has 0 aromatic heterocycles. The van der Waals surface area contributed by atoms with Crippen molar-refractivity contribution in [3.05, 3.63) is 0 Å². The van der Waals surface area contributed by atoms with E-state index in [2.05, 4.69) is 4.62 Å². The Morgan fingerprint density at radius 3 is 2.20 bits per heavy atom. The maximum absolute atomic E-state index is 11.0. The third-order valence-corrected chi connectivity index (χ3v) is 3.74. The van der Waals surface area contributed by atoms with E-state index >= 15 is 0 Å². The summed E-state index contributed by atoms with van der Waals surface area (Å²) < 4.78 is 25.8. The molecule has 0 aromatic carbocycles. The van der Waals surface area contributed by atoms with Gasteiger partial charge in [0, 0.05) is 6.54 Å². The molecule has 0 aromatic rings. The molecule has 1 aliphatic heterocycles. The van der Waals surface area contributed by atoms with E-state index < -0.39 is 21.2 Å². The van der Waals surface area contributed by atoms with Crippen LogP contribution in [0.1, 0.15) is 19.3 Å². The van der Waals surface area contributed by atoms with E-state index in [0.717, 1.165) is 0 Å². The predicted molar refractivity (Wildman–Crippen MR) is 49.5 cm³/mol. The van der Waals surface area contributed by atoms with Gasteiger partial charge in [-0.25, -0.2) is 4.57 Å². The van der Waals surface area contributed by atoms with Gasteiger partial charge >= 0.3 is 15.4 Å². The molecule has 0 aliphatic carbocycles. The third kappa shape index (κ3) is 4.30. The van der Waals surface area contributed by atoms with Gasteiger partial charge in [-0.1, -0.05) is 0 Å². The van der Waals surface area contributed by atoms with Crippen LogP contribution in [-0.2, 0) is 13.8 Å². The van der Waals surface area contributed by atoms with Crippen molar-refractivity contribution in [3.8, 4) is 0 Å². The first kappa shape index (κ1) is 13.3. The molecule has 1 fully saturated rings. The highest BCUT2D eigenvalue weighted by atomic mass is 31.2. The molecule has 90 valence electrons. The van der Waals surface area contributed by atoms with E-state index in [4.69, 9.17) is 19.6 Å². The molecule has 1 saturated heterocycles. The van der Waals surface area contributed by atoms with Crippen LogP contribution in [-0.4, -0.2) is 37.0 Å². The average molecular weight is 261 g/mol. The first-order valence-corrected chi connectivity index (χ1v) is 7.48. The van der Waals surface area contributed by atoms with Gasteiger partial charge in [-0.3, -0.25) is 4.57 Å². The van der Waals surface area contributed by atoms with E-state index in [1.54, 1.807) is 0 Å². The summed E-state index contributed by atoms with van der Waals surface area (Å²) in [5.74, 6) is -1.26. The largest absolute Gasteiger partial charge is 0.486 e. The third-order valence-electron chi connectivity index (χ3n) is 2.02. The summed E-state index contributed by atoms with van der Waals surface area (Å²) >= 11 is 0. The van der Waals surface area contributed by atoms with Gasteiger partial charge in [0.2, 0.25) is 0 Å². The zero-order chi connectivity index (χ0) is 11.7. The molecule has 4 N–H and O–H groups in total. The molecular formula is C5H13NO7P2. The van der Waals surface area contributed by atoms with Gasteiger partial charge in [0.25, 0.3) is 0 Å². The molecule has 0 bridgehead atoms. The quantitative estimate of drug-likeness (QED) is 0.523. The Morgan fingerprint density at radius 2 is 1.73 bits per heavy atom. The lowest BCUT2D eigenvalue weighted by molar-refractivity contribution is -0.111. The molecule has 0 radical (unpaired) electrons. The summed E-state index contributed by atoms with van der Waals surface area (Å²) in [6.45, 7) is 0.0981. The van der Waals surface area contributed by atoms with Crippen LogP contribution >= 0.6 is 15.4 Å². The molecule has 1 atom stereocenters. The maximum Gasteiger partial charge on any atom is 0.486 e. The number of rotatable bonds is 3. The molecule has 1 aliphatic rings. The Kier molecular flexibility index (Phi) is 4.08. The van der Waals surface area contributed by atoms with Gasteiger partial charge in [-0.2, -0.15) is 9.69 Å². The second-order valence-electron chi connectivity index (χ2n) is 3.28. The average Bonchev–Trinajstić information content (AvgIpc) is 1.99. The SMILES string of the molecule is O=P(O)(O)ON1CCCCC1P(=O)(O)O. The summed E-state index contributed by atoms with van der Waals surface area (Å²) in [5.41, 5.74) is 0. The molecule has 10 heteroatoms. The van der Waals surface area contributed by atoms with E-state index in [-0.39, 0.29) is 13.0 Å². The fraction of sp³-hybridized carbons (Fsp3) is 1.00. The van der Waals surface area contributed by atoms with E-state index in [1.165, 1.54) is 0 Å². The Bertz CT molecular complexity index is 309. The molecule has 0 spiro atoms. The van der Waals surface area contributed by atoms with Crippen LogP contribution in [0, 0.1) is 0 Å². The van der Waals surface area contributed by atoms with Gasteiger partial charge in [-0.15, -0.1) is 0 Å². The number of hydrogen-bond donors (Lipinski definition) is 4. The standard InChI is InChI=1S/C5H13NO7P2/c7-14(8,9)5-3-1-2-4-6(5)13-15(10,11)12/h5H,1-4H2,(H2,7,8,9)(H2,10,11,12). The van der Waals surface area contributed by atoms with Crippen molar-refractivity contribution in [3.63, 3.8) is 0 Å². The summed E-state index contributed by atoms with van der Waals surface area (Å²) in [6, 6.07) is 0. The normalized spacial score (nSPS) is 25.5. The lowest BCUT2D eigenvalue weighted by atomic mass is 10.2. The fourth-order valence-corrected chi connectivity index (χ4v) is 3.02. The van der Waals surface area contributed by atoms with Gasteiger partial charge in [0.15, 0.2) is 0 Å². The summed E-state index contributed by atoms with van der Waals surface area (Å²) in [7, 11) is -9.18. The zero-order valence-corrected chi connectivity index (χ0v) is 9.55. The number of nitrogens with zero attached hydrogens (tertiary/aromatic N) is 1. The summed E-state index contributed by atoms with van der Waals surface area (Å²) in [5, 5.41) is 0.699. The van der Waals surface area contributed by atoms with Crippen LogP contribution in [0.15, 0.2) is 0 Å². The monoisotopic (exact) mass is 261 g/mol. The minimum atomic E-state index is -4.76. The van der Waals surface area contributed by atoms with Crippen LogP contribution in [0.25, 0.3) is 0 Å². The molecular weight excluding hydrogens is 248 g/mol. The maximum atomic E-state index is 11.0. The summed E-state index contributed by atoms with van der Waals surface area (Å²) in [4.78, 5) is 35.0. The fourth-order valence-electron chi connectivity index (χ4n) is 1.46. The van der Waals surface area contributed by atoms with Crippen molar-refractivity contribution in [2.24, 2.45) is 0 Å². The predicted octanol–water partition coefficient (Wildman–Crippen LogP) is 0.000400. The van der Waals surface area contributed by atoms with Gasteiger partial charge in [0.1, 0.15) is 5.78 Å². The van der Waals surface area contributed by atoms with Gasteiger partial charge in [-0.05, 0) is 19.3 Å². The topological polar surface area (TPSA) is 128 Å². The Morgan fingerprint density at radius 1 is 1.13 bits per heavy atom. The van der Waals surface area contributed by atoms with E-state index in [0.29, 0.717) is 17.9 Å². The number of hydroxylamine groups is 2. The highest BCUT2D eigenvalue weighted by Crippen LogP contribution is 2.50. The molecule has 0 saturated carbocycles. The Labute approximate surface area is 86.2 Å². The Hall–Kier alpha value is 0.220. The highest BCUT2D eigenvalue weighted by Gasteiger charge is 2.39. The number of piperidine rings is 1. The molecule has 1 rings (SSSR count). The second kappa shape index (κ2) is 4.61. The van der Waals surface area contributed by atoms with Crippen LogP contribution < -0.4 is 0 Å². The highest BCUT2D eigenvalue weighted by molar-refractivity contribution is 7.52.